The van der Waals surface area contributed by atoms with E-state index in [4.69, 9.17) is 0 Å². The Bertz CT molecular complexity index is 940. The molecule has 0 fully saturated rings. The van der Waals surface area contributed by atoms with Gasteiger partial charge in [-0.25, -0.2) is 0 Å². The summed E-state index contributed by atoms with van der Waals surface area (Å²) in [4.78, 5) is 15.1. The van der Waals surface area contributed by atoms with Crippen LogP contribution in [0.3, 0.4) is 0 Å². The van der Waals surface area contributed by atoms with Crippen LogP contribution in [0.4, 0.5) is 11.4 Å². The van der Waals surface area contributed by atoms with Gasteiger partial charge in [0, 0.05) is 15.8 Å². The highest BCUT2D eigenvalue weighted by Crippen LogP contribution is 2.37. The van der Waals surface area contributed by atoms with Gasteiger partial charge in [-0.15, -0.1) is 0 Å². The Morgan fingerprint density at radius 3 is 2.44 bits per heavy atom. The summed E-state index contributed by atoms with van der Waals surface area (Å²) < 4.78 is 1.03. The number of amides is 1. The van der Waals surface area contributed by atoms with Crippen molar-refractivity contribution < 1.29 is 4.79 Å². The molecule has 1 aliphatic rings. The van der Waals surface area contributed by atoms with Crippen LogP contribution in [0.2, 0.25) is 0 Å². The molecule has 1 amide bonds. The second-order valence-electron chi connectivity index (χ2n) is 6.11. The maximum Gasteiger partial charge on any atom is 0.262 e. The zero-order valence-corrected chi connectivity index (χ0v) is 15.3. The van der Waals surface area contributed by atoms with Gasteiger partial charge in [-0.1, -0.05) is 58.4 Å². The lowest BCUT2D eigenvalue weighted by Gasteiger charge is -2.38. The van der Waals surface area contributed by atoms with Crippen LogP contribution in [-0.2, 0) is 0 Å². The normalized spacial score (nSPS) is 16.3. The summed E-state index contributed by atoms with van der Waals surface area (Å²) in [6, 6.07) is 23.7. The maximum absolute atomic E-state index is 13.3. The molecule has 0 saturated carbocycles. The first-order chi connectivity index (χ1) is 12.1. The highest BCUT2D eigenvalue weighted by molar-refractivity contribution is 9.10. The summed E-state index contributed by atoms with van der Waals surface area (Å²) in [5, 5.41) is 3.52. The van der Waals surface area contributed by atoms with Crippen LogP contribution in [0, 0.1) is 6.92 Å². The van der Waals surface area contributed by atoms with Gasteiger partial charge in [0.1, 0.15) is 6.17 Å². The predicted molar refractivity (Wildman–Crippen MR) is 105 cm³/mol. The van der Waals surface area contributed by atoms with E-state index in [-0.39, 0.29) is 12.1 Å². The number of halogens is 1. The van der Waals surface area contributed by atoms with E-state index in [0.29, 0.717) is 5.56 Å². The first-order valence-corrected chi connectivity index (χ1v) is 8.94. The third-order valence-electron chi connectivity index (χ3n) is 4.46. The first kappa shape index (κ1) is 15.9. The Labute approximate surface area is 155 Å². The molecule has 0 bridgehead atoms. The van der Waals surface area contributed by atoms with Gasteiger partial charge in [0.15, 0.2) is 0 Å². The summed E-state index contributed by atoms with van der Waals surface area (Å²) >= 11 is 3.54. The van der Waals surface area contributed by atoms with Crippen molar-refractivity contribution in [1.29, 1.82) is 0 Å². The Morgan fingerprint density at radius 2 is 1.68 bits per heavy atom. The van der Waals surface area contributed by atoms with E-state index in [2.05, 4.69) is 21.2 Å². The Morgan fingerprint density at radius 1 is 0.960 bits per heavy atom. The topological polar surface area (TPSA) is 32.3 Å². The number of aryl methyl sites for hydroxylation is 1. The number of fused-ring (bicyclic) bond motifs is 1. The minimum Gasteiger partial charge on any atom is -0.360 e. The van der Waals surface area contributed by atoms with Crippen molar-refractivity contribution in [2.45, 2.75) is 13.1 Å². The van der Waals surface area contributed by atoms with E-state index in [0.717, 1.165) is 27.0 Å². The van der Waals surface area contributed by atoms with E-state index in [9.17, 15) is 4.79 Å². The number of carbonyl (C=O) groups is 1. The van der Waals surface area contributed by atoms with E-state index < -0.39 is 0 Å². The zero-order chi connectivity index (χ0) is 17.4. The number of hydrogen-bond acceptors (Lipinski definition) is 2. The minimum absolute atomic E-state index is 0.00456. The van der Waals surface area contributed by atoms with Gasteiger partial charge < -0.3 is 5.32 Å². The molecule has 25 heavy (non-hydrogen) atoms. The molecule has 0 aliphatic carbocycles. The summed E-state index contributed by atoms with van der Waals surface area (Å²) in [5.41, 5.74) is 4.57. The van der Waals surface area contributed by atoms with E-state index >= 15 is 0 Å². The first-order valence-electron chi connectivity index (χ1n) is 8.15. The third kappa shape index (κ3) is 2.83. The van der Waals surface area contributed by atoms with Crippen LogP contribution in [0.1, 0.15) is 27.7 Å². The van der Waals surface area contributed by atoms with Crippen molar-refractivity contribution in [2.24, 2.45) is 0 Å². The molecular formula is C21H17BrN2O. The van der Waals surface area contributed by atoms with Gasteiger partial charge in [-0.3, -0.25) is 9.69 Å². The second kappa shape index (κ2) is 6.37. The van der Waals surface area contributed by atoms with E-state index in [1.54, 1.807) is 0 Å². The lowest BCUT2D eigenvalue weighted by molar-refractivity contribution is 0.0975. The van der Waals surface area contributed by atoms with Crippen molar-refractivity contribution in [1.82, 2.24) is 0 Å². The van der Waals surface area contributed by atoms with Crippen LogP contribution >= 0.6 is 15.9 Å². The van der Waals surface area contributed by atoms with E-state index in [1.807, 2.05) is 84.6 Å². The second-order valence-corrected chi connectivity index (χ2v) is 6.97. The number of carbonyl (C=O) groups excluding carboxylic acids is 1. The number of rotatable bonds is 2. The molecule has 124 valence electrons. The summed E-state index contributed by atoms with van der Waals surface area (Å²) in [7, 11) is 0. The summed E-state index contributed by atoms with van der Waals surface area (Å²) in [6.07, 6.45) is -0.246. The highest BCUT2D eigenvalue weighted by atomic mass is 79.9. The van der Waals surface area contributed by atoms with Crippen LogP contribution in [0.25, 0.3) is 0 Å². The van der Waals surface area contributed by atoms with Crippen molar-refractivity contribution in [3.8, 4) is 0 Å². The Hall–Kier alpha value is -2.59. The maximum atomic E-state index is 13.3. The lowest BCUT2D eigenvalue weighted by Crippen LogP contribution is -2.43. The molecule has 0 saturated heterocycles. The van der Waals surface area contributed by atoms with Gasteiger partial charge >= 0.3 is 0 Å². The molecule has 0 aromatic heterocycles. The van der Waals surface area contributed by atoms with Gasteiger partial charge in [0.2, 0.25) is 0 Å². The van der Waals surface area contributed by atoms with Gasteiger partial charge in [-0.2, -0.15) is 0 Å². The van der Waals surface area contributed by atoms with Crippen molar-refractivity contribution in [2.75, 3.05) is 10.2 Å². The predicted octanol–water partition coefficient (Wildman–Crippen LogP) is 5.53. The number of nitrogens with zero attached hydrogens (tertiary/aromatic N) is 1. The zero-order valence-electron chi connectivity index (χ0n) is 13.7. The number of hydrogen-bond donors (Lipinski definition) is 1. The highest BCUT2D eigenvalue weighted by Gasteiger charge is 2.33. The molecule has 1 heterocycles. The van der Waals surface area contributed by atoms with E-state index in [1.165, 1.54) is 0 Å². The summed E-state index contributed by atoms with van der Waals surface area (Å²) in [5.74, 6) is 0.00456. The number of benzene rings is 3. The fourth-order valence-corrected chi connectivity index (χ4v) is 3.41. The van der Waals surface area contributed by atoms with Crippen LogP contribution in [0.5, 0.6) is 0 Å². The fourth-order valence-electron chi connectivity index (χ4n) is 3.17. The van der Waals surface area contributed by atoms with Gasteiger partial charge in [0.25, 0.3) is 5.91 Å². The van der Waals surface area contributed by atoms with Crippen LogP contribution < -0.4 is 10.2 Å². The fraction of sp³-hybridized carbons (Fsp3) is 0.0952. The van der Waals surface area contributed by atoms with Gasteiger partial charge in [0.05, 0.1) is 5.56 Å². The smallest absolute Gasteiger partial charge is 0.262 e. The lowest BCUT2D eigenvalue weighted by atomic mass is 10.0. The molecule has 1 atom stereocenters. The molecule has 1 aliphatic heterocycles. The molecule has 0 radical (unpaired) electrons. The SMILES string of the molecule is Cc1cc(N2C(=O)c3ccccc3NC2c2ccccc2)ccc1Br. The van der Waals surface area contributed by atoms with Crippen LogP contribution in [-0.4, -0.2) is 5.91 Å². The molecule has 3 aromatic rings. The van der Waals surface area contributed by atoms with Crippen LogP contribution in [0.15, 0.2) is 77.3 Å². The number of nitrogens with one attached hydrogen (secondary N) is 1. The molecule has 4 heteroatoms. The quantitative estimate of drug-likeness (QED) is 0.621. The Kier molecular flexibility index (Phi) is 4.06. The number of anilines is 2. The molecular weight excluding hydrogens is 376 g/mol. The average Bonchev–Trinajstić information content (AvgIpc) is 2.65. The van der Waals surface area contributed by atoms with Gasteiger partial charge in [-0.05, 0) is 48.4 Å². The molecule has 3 nitrogen and oxygen atoms in total. The molecule has 3 aromatic carbocycles. The van der Waals surface area contributed by atoms with Crippen molar-refractivity contribution >= 4 is 33.2 Å². The number of para-hydroxylation sites is 1. The standard InChI is InChI=1S/C21H17BrN2O/c1-14-13-16(11-12-18(14)22)24-20(15-7-3-2-4-8-15)23-19-10-6-5-9-17(19)21(24)25/h2-13,20,23H,1H3. The monoisotopic (exact) mass is 392 g/mol. The third-order valence-corrected chi connectivity index (χ3v) is 5.35. The molecule has 0 spiro atoms. The average molecular weight is 393 g/mol. The molecule has 1 unspecified atom stereocenters. The minimum atomic E-state index is -0.246. The molecule has 1 N–H and O–H groups in total. The summed E-state index contributed by atoms with van der Waals surface area (Å²) in [6.45, 7) is 2.03. The van der Waals surface area contributed by atoms with Crippen molar-refractivity contribution in [3.05, 3.63) is 94.0 Å². The van der Waals surface area contributed by atoms with Crippen molar-refractivity contribution in [3.63, 3.8) is 0 Å². The Balaban J connectivity index is 1.88. The molecule has 4 rings (SSSR count). The largest absolute Gasteiger partial charge is 0.360 e.